The lowest BCUT2D eigenvalue weighted by Crippen LogP contribution is -2.15. The fourth-order valence-corrected chi connectivity index (χ4v) is 3.69. The molecule has 1 aliphatic carbocycles. The summed E-state index contributed by atoms with van der Waals surface area (Å²) in [6, 6.07) is 10.2. The van der Waals surface area contributed by atoms with Crippen LogP contribution in [-0.2, 0) is 22.9 Å². The second kappa shape index (κ2) is 5.19. The number of nitriles is 1. The van der Waals surface area contributed by atoms with Crippen molar-refractivity contribution in [3.05, 3.63) is 53.3 Å². The van der Waals surface area contributed by atoms with E-state index in [1.807, 2.05) is 12.1 Å². The molecule has 0 unspecified atom stereocenters. The van der Waals surface area contributed by atoms with Gasteiger partial charge < -0.3 is 0 Å². The molecule has 1 aromatic heterocycles. The van der Waals surface area contributed by atoms with E-state index >= 15 is 0 Å². The van der Waals surface area contributed by atoms with Crippen LogP contribution in [0.1, 0.15) is 23.2 Å². The molecule has 0 atom stereocenters. The lowest BCUT2D eigenvalue weighted by atomic mass is 10.1. The number of nitrogens with one attached hydrogen (secondary N) is 1. The molecule has 0 fully saturated rings. The fraction of sp³-hybridized carbons (Fsp3) is 0.200. The van der Waals surface area contributed by atoms with E-state index < -0.39 is 10.0 Å². The highest BCUT2D eigenvalue weighted by Crippen LogP contribution is 2.26. The second-order valence-corrected chi connectivity index (χ2v) is 6.56. The van der Waals surface area contributed by atoms with Gasteiger partial charge in [-0.25, -0.2) is 13.4 Å². The van der Waals surface area contributed by atoms with E-state index in [-0.39, 0.29) is 10.6 Å². The molecule has 1 heterocycles. The highest BCUT2D eigenvalue weighted by atomic mass is 32.2. The number of benzene rings is 1. The van der Waals surface area contributed by atoms with E-state index in [9.17, 15) is 8.42 Å². The summed E-state index contributed by atoms with van der Waals surface area (Å²) in [5.41, 5.74) is 2.87. The molecule has 2 aromatic rings. The number of anilines is 1. The van der Waals surface area contributed by atoms with E-state index in [1.54, 1.807) is 12.1 Å². The summed E-state index contributed by atoms with van der Waals surface area (Å²) in [7, 11) is -3.81. The molecule has 5 nitrogen and oxygen atoms in total. The molecule has 21 heavy (non-hydrogen) atoms. The van der Waals surface area contributed by atoms with Gasteiger partial charge in [0, 0.05) is 11.9 Å². The van der Waals surface area contributed by atoms with Gasteiger partial charge in [0.1, 0.15) is 11.0 Å². The highest BCUT2D eigenvalue weighted by Gasteiger charge is 2.20. The van der Waals surface area contributed by atoms with Crippen molar-refractivity contribution in [3.63, 3.8) is 0 Å². The third-order valence-corrected chi connectivity index (χ3v) is 4.93. The smallest absolute Gasteiger partial charge is 0.264 e. The van der Waals surface area contributed by atoms with Gasteiger partial charge >= 0.3 is 0 Å². The van der Waals surface area contributed by atoms with Gasteiger partial charge in [0.25, 0.3) is 10.0 Å². The van der Waals surface area contributed by atoms with Crippen LogP contribution >= 0.6 is 0 Å². The molecule has 0 bridgehead atoms. The number of rotatable bonds is 3. The standard InChI is InChI=1S/C15H13N3O2S/c16-10-14-15(5-2-8-17-14)21(19,20)18-13-7-6-11-3-1-4-12(11)9-13/h2,5-9,18H,1,3-4H2. The Morgan fingerprint density at radius 1 is 1.19 bits per heavy atom. The summed E-state index contributed by atoms with van der Waals surface area (Å²) < 4.78 is 27.3. The largest absolute Gasteiger partial charge is 0.280 e. The van der Waals surface area contributed by atoms with Crippen LogP contribution in [0, 0.1) is 11.3 Å². The van der Waals surface area contributed by atoms with E-state index in [1.165, 1.54) is 29.5 Å². The average Bonchev–Trinajstić information content (AvgIpc) is 2.94. The number of pyridine rings is 1. The minimum absolute atomic E-state index is 0.104. The van der Waals surface area contributed by atoms with E-state index in [4.69, 9.17) is 5.26 Å². The Labute approximate surface area is 123 Å². The van der Waals surface area contributed by atoms with Crippen LogP contribution in [0.2, 0.25) is 0 Å². The van der Waals surface area contributed by atoms with Crippen LogP contribution in [0.5, 0.6) is 0 Å². The van der Waals surface area contributed by atoms with Crippen LogP contribution in [0.15, 0.2) is 41.4 Å². The van der Waals surface area contributed by atoms with Gasteiger partial charge in [-0.3, -0.25) is 4.72 Å². The summed E-state index contributed by atoms with van der Waals surface area (Å²) in [6.45, 7) is 0. The molecule has 6 heteroatoms. The zero-order valence-electron chi connectivity index (χ0n) is 11.2. The number of nitrogens with zero attached hydrogens (tertiary/aromatic N) is 2. The molecule has 0 saturated heterocycles. The molecule has 1 aromatic carbocycles. The Morgan fingerprint density at radius 2 is 2.00 bits per heavy atom. The summed E-state index contributed by atoms with van der Waals surface area (Å²) in [5, 5.41) is 8.97. The zero-order valence-corrected chi connectivity index (χ0v) is 12.0. The Morgan fingerprint density at radius 3 is 2.81 bits per heavy atom. The summed E-state index contributed by atoms with van der Waals surface area (Å²) in [5.74, 6) is 0. The van der Waals surface area contributed by atoms with Crippen LogP contribution in [0.4, 0.5) is 5.69 Å². The van der Waals surface area contributed by atoms with Gasteiger partial charge in [-0.2, -0.15) is 5.26 Å². The summed E-state index contributed by atoms with van der Waals surface area (Å²) in [6.07, 6.45) is 4.52. The molecular formula is C15H13N3O2S. The molecule has 0 saturated carbocycles. The van der Waals surface area contributed by atoms with Crippen molar-refractivity contribution < 1.29 is 8.42 Å². The van der Waals surface area contributed by atoms with Crippen molar-refractivity contribution in [2.45, 2.75) is 24.2 Å². The van der Waals surface area contributed by atoms with Crippen LogP contribution in [0.25, 0.3) is 0 Å². The lowest BCUT2D eigenvalue weighted by Gasteiger charge is -2.10. The van der Waals surface area contributed by atoms with Gasteiger partial charge in [-0.15, -0.1) is 0 Å². The Kier molecular flexibility index (Phi) is 3.35. The van der Waals surface area contributed by atoms with Crippen LogP contribution in [-0.4, -0.2) is 13.4 Å². The summed E-state index contributed by atoms with van der Waals surface area (Å²) in [4.78, 5) is 3.68. The third kappa shape index (κ3) is 2.60. The first-order chi connectivity index (χ1) is 10.1. The first-order valence-electron chi connectivity index (χ1n) is 6.60. The third-order valence-electron chi connectivity index (χ3n) is 3.52. The Balaban J connectivity index is 1.95. The second-order valence-electron chi connectivity index (χ2n) is 4.90. The highest BCUT2D eigenvalue weighted by molar-refractivity contribution is 7.92. The number of sulfonamides is 1. The molecule has 1 aliphatic rings. The zero-order chi connectivity index (χ0) is 14.9. The van der Waals surface area contributed by atoms with Crippen LogP contribution < -0.4 is 4.72 Å². The topological polar surface area (TPSA) is 82.8 Å². The van der Waals surface area contributed by atoms with E-state index in [0.29, 0.717) is 5.69 Å². The molecule has 0 amide bonds. The number of aromatic nitrogens is 1. The maximum atomic E-state index is 12.4. The quantitative estimate of drug-likeness (QED) is 0.942. The van der Waals surface area contributed by atoms with Crippen molar-refractivity contribution in [1.82, 2.24) is 4.98 Å². The van der Waals surface area contributed by atoms with Crippen molar-refractivity contribution >= 4 is 15.7 Å². The van der Waals surface area contributed by atoms with Gasteiger partial charge in [-0.1, -0.05) is 6.07 Å². The molecule has 0 aliphatic heterocycles. The Bertz CT molecular complexity index is 838. The maximum Gasteiger partial charge on any atom is 0.264 e. The van der Waals surface area contributed by atoms with Crippen molar-refractivity contribution in [2.75, 3.05) is 4.72 Å². The first kappa shape index (κ1) is 13.6. The van der Waals surface area contributed by atoms with E-state index in [0.717, 1.165) is 19.3 Å². The molecule has 3 rings (SSSR count). The number of aryl methyl sites for hydroxylation is 2. The number of hydrogen-bond acceptors (Lipinski definition) is 4. The fourth-order valence-electron chi connectivity index (χ4n) is 2.54. The van der Waals surface area contributed by atoms with Crippen molar-refractivity contribution in [1.29, 1.82) is 5.26 Å². The molecule has 0 spiro atoms. The van der Waals surface area contributed by atoms with E-state index in [2.05, 4.69) is 9.71 Å². The van der Waals surface area contributed by atoms with Crippen LogP contribution in [0.3, 0.4) is 0 Å². The summed E-state index contributed by atoms with van der Waals surface area (Å²) >= 11 is 0. The number of hydrogen-bond donors (Lipinski definition) is 1. The molecular weight excluding hydrogens is 286 g/mol. The Hall–Kier alpha value is -2.39. The minimum atomic E-state index is -3.81. The van der Waals surface area contributed by atoms with Gasteiger partial charge in [-0.05, 0) is 54.7 Å². The number of fused-ring (bicyclic) bond motifs is 1. The molecule has 0 radical (unpaired) electrons. The van der Waals surface area contributed by atoms with Crippen molar-refractivity contribution in [2.24, 2.45) is 0 Å². The predicted molar refractivity (Wildman–Crippen MR) is 78.2 cm³/mol. The average molecular weight is 299 g/mol. The van der Waals surface area contributed by atoms with Gasteiger partial charge in [0.05, 0.1) is 0 Å². The molecule has 106 valence electrons. The SMILES string of the molecule is N#Cc1ncccc1S(=O)(=O)Nc1ccc2c(c1)CCC2. The predicted octanol–water partition coefficient (Wildman–Crippen LogP) is 2.24. The normalized spacial score (nSPS) is 13.5. The maximum absolute atomic E-state index is 12.4. The lowest BCUT2D eigenvalue weighted by molar-refractivity contribution is 0.600. The molecule has 1 N–H and O–H groups in total. The van der Waals surface area contributed by atoms with Gasteiger partial charge in [0.15, 0.2) is 5.69 Å². The minimum Gasteiger partial charge on any atom is -0.280 e. The first-order valence-corrected chi connectivity index (χ1v) is 8.08. The van der Waals surface area contributed by atoms with Crippen molar-refractivity contribution in [3.8, 4) is 6.07 Å². The van der Waals surface area contributed by atoms with Gasteiger partial charge in [0.2, 0.25) is 0 Å². The monoisotopic (exact) mass is 299 g/mol.